The molecule has 0 aliphatic carbocycles. The first-order valence-corrected chi connectivity index (χ1v) is 23.5. The van der Waals surface area contributed by atoms with Gasteiger partial charge in [-0.1, -0.05) is 194 Å². The van der Waals surface area contributed by atoms with Crippen LogP contribution in [0.5, 0.6) is 0 Å². The molecule has 0 amide bonds. The van der Waals surface area contributed by atoms with E-state index in [1.54, 1.807) is 0 Å². The minimum Gasteiger partial charge on any atom is -0.809 e. The Hall–Kier alpha value is 0.970. The van der Waals surface area contributed by atoms with E-state index >= 15 is 0 Å². The standard InChI is InChI=1S/C42H83O10P.2Na/c1-3-5-7-9-11-13-15-17-19-21-23-25-27-29-31-33-40(45)50-36-38(37-51-42(39(44)35-43)53(47,48)49)52-41(46)34-32-30-28-26-24-22-20-18-16-14-12-10-8-6-4-2;;/h38-39,42-44H,3-37H2,1-2H3,(H2,47,48,49);;/q;2*+1/p-2/t38-,39?,42?;;/m1../s1. The van der Waals surface area contributed by atoms with Gasteiger partial charge in [0.2, 0.25) is 0 Å². The number of carbonyl (C=O) groups is 2. The molecule has 13 heteroatoms. The molecular weight excluding hydrogens is 741 g/mol. The number of carbonyl (C=O) groups excluding carboxylic acids is 2. The summed E-state index contributed by atoms with van der Waals surface area (Å²) in [4.78, 5) is 48.2. The predicted octanol–water partition coefficient (Wildman–Crippen LogP) is 3.58. The molecule has 55 heavy (non-hydrogen) atoms. The first kappa shape index (κ1) is 60.3. The van der Waals surface area contributed by atoms with Gasteiger partial charge in [-0.25, -0.2) is 0 Å². The summed E-state index contributed by atoms with van der Waals surface area (Å²) in [5.74, 6) is -3.23. The zero-order valence-corrected chi connectivity index (χ0v) is 41.0. The summed E-state index contributed by atoms with van der Waals surface area (Å²) in [5.41, 5.74) is 0. The van der Waals surface area contributed by atoms with Crippen LogP contribution in [0.3, 0.4) is 0 Å². The average Bonchev–Trinajstić information content (AvgIpc) is 3.13. The molecule has 0 aromatic carbocycles. The summed E-state index contributed by atoms with van der Waals surface area (Å²) < 4.78 is 27.5. The van der Waals surface area contributed by atoms with Crippen LogP contribution in [-0.2, 0) is 28.4 Å². The van der Waals surface area contributed by atoms with E-state index in [0.29, 0.717) is 12.8 Å². The Labute approximate surface area is 381 Å². The van der Waals surface area contributed by atoms with Gasteiger partial charge in [-0.15, -0.1) is 0 Å². The van der Waals surface area contributed by atoms with Crippen molar-refractivity contribution in [2.75, 3.05) is 19.8 Å². The van der Waals surface area contributed by atoms with Gasteiger partial charge in [-0.2, -0.15) is 0 Å². The van der Waals surface area contributed by atoms with Crippen molar-refractivity contribution in [3.05, 3.63) is 0 Å². The zero-order valence-electron chi connectivity index (χ0n) is 36.1. The maximum absolute atomic E-state index is 12.6. The minimum absolute atomic E-state index is 0. The van der Waals surface area contributed by atoms with Crippen LogP contribution in [0.25, 0.3) is 0 Å². The second kappa shape index (κ2) is 44.5. The first-order chi connectivity index (χ1) is 25.6. The van der Waals surface area contributed by atoms with Gasteiger partial charge in [0.1, 0.15) is 18.6 Å². The Morgan fingerprint density at radius 2 is 0.836 bits per heavy atom. The van der Waals surface area contributed by atoms with Gasteiger partial charge in [0.05, 0.1) is 13.2 Å². The van der Waals surface area contributed by atoms with E-state index in [2.05, 4.69) is 13.8 Å². The van der Waals surface area contributed by atoms with Crippen molar-refractivity contribution >= 4 is 19.5 Å². The van der Waals surface area contributed by atoms with Gasteiger partial charge in [0.15, 0.2) is 6.10 Å². The second-order valence-corrected chi connectivity index (χ2v) is 16.8. The van der Waals surface area contributed by atoms with Crippen molar-refractivity contribution in [2.45, 2.75) is 237 Å². The van der Waals surface area contributed by atoms with E-state index in [0.717, 1.165) is 38.5 Å². The molecule has 10 nitrogen and oxygen atoms in total. The number of hydrogen-bond donors (Lipinski definition) is 2. The SMILES string of the molecule is CCCCCCCCCCCCCCCCCC(=O)OC[C@H](COC(C(O)CO)P(=O)([O-])[O-])OC(=O)CCCCCCCCCCCCCCCCC.[Na+].[Na+]. The van der Waals surface area contributed by atoms with Crippen LogP contribution < -0.4 is 68.9 Å². The van der Waals surface area contributed by atoms with Crippen LogP contribution in [0.15, 0.2) is 0 Å². The smallest absolute Gasteiger partial charge is 0.809 e. The second-order valence-electron chi connectivity index (χ2n) is 15.2. The van der Waals surface area contributed by atoms with Crippen LogP contribution in [0.4, 0.5) is 0 Å². The van der Waals surface area contributed by atoms with Gasteiger partial charge >= 0.3 is 71.1 Å². The van der Waals surface area contributed by atoms with E-state index in [4.69, 9.17) is 19.3 Å². The van der Waals surface area contributed by atoms with Gasteiger partial charge in [-0.3, -0.25) is 9.59 Å². The third-order valence-corrected chi connectivity index (χ3v) is 11.1. The summed E-state index contributed by atoms with van der Waals surface area (Å²) in [6.45, 7) is 2.53. The molecule has 0 aliphatic rings. The predicted molar refractivity (Wildman–Crippen MR) is 210 cm³/mol. The van der Waals surface area contributed by atoms with Crippen LogP contribution >= 0.6 is 7.60 Å². The molecule has 316 valence electrons. The van der Waals surface area contributed by atoms with Crippen molar-refractivity contribution in [3.8, 4) is 0 Å². The van der Waals surface area contributed by atoms with Crippen molar-refractivity contribution in [1.82, 2.24) is 0 Å². The molecular formula is C42H81Na2O10P. The fourth-order valence-electron chi connectivity index (χ4n) is 6.61. The number of unbranched alkanes of at least 4 members (excludes halogenated alkanes) is 28. The Morgan fingerprint density at radius 1 is 0.527 bits per heavy atom. The normalized spacial score (nSPS) is 13.1. The summed E-state index contributed by atoms with van der Waals surface area (Å²) in [6.07, 6.45) is 33.6. The molecule has 0 saturated carbocycles. The number of esters is 2. The maximum Gasteiger partial charge on any atom is 1.00 e. The fourth-order valence-corrected chi connectivity index (χ4v) is 7.39. The van der Waals surface area contributed by atoms with Crippen molar-refractivity contribution in [1.29, 1.82) is 0 Å². The largest absolute Gasteiger partial charge is 1.00 e. The van der Waals surface area contributed by atoms with Gasteiger partial charge in [-0.05, 0) is 20.4 Å². The van der Waals surface area contributed by atoms with Gasteiger partial charge in [0, 0.05) is 12.8 Å². The molecule has 0 aromatic heterocycles. The summed E-state index contributed by atoms with van der Waals surface area (Å²) in [6, 6.07) is 0. The number of hydrogen-bond acceptors (Lipinski definition) is 10. The van der Waals surface area contributed by atoms with Crippen LogP contribution in [0.2, 0.25) is 0 Å². The molecule has 2 N–H and O–H groups in total. The Balaban J connectivity index is -0.0000135. The summed E-state index contributed by atoms with van der Waals surface area (Å²) in [5, 5.41) is 19.0. The molecule has 0 bridgehead atoms. The minimum atomic E-state index is -5.44. The molecule has 0 radical (unpaired) electrons. The quantitative estimate of drug-likeness (QED) is 0.0403. The fraction of sp³-hybridized carbons (Fsp3) is 0.952. The Bertz CT molecular complexity index is 879. The molecule has 0 saturated heterocycles. The molecule has 0 spiro atoms. The van der Waals surface area contributed by atoms with Crippen LogP contribution in [-0.4, -0.2) is 60.0 Å². The average molecular weight is 823 g/mol. The van der Waals surface area contributed by atoms with Gasteiger partial charge in [0.25, 0.3) is 0 Å². The molecule has 0 aliphatic heterocycles. The Morgan fingerprint density at radius 3 is 1.15 bits per heavy atom. The Kier molecular flexibility index (Phi) is 48.8. The number of ether oxygens (including phenoxy) is 3. The zero-order chi connectivity index (χ0) is 39.3. The molecule has 0 aromatic rings. The van der Waals surface area contributed by atoms with E-state index in [1.807, 2.05) is 0 Å². The summed E-state index contributed by atoms with van der Waals surface area (Å²) >= 11 is 0. The van der Waals surface area contributed by atoms with Crippen molar-refractivity contribution in [2.24, 2.45) is 0 Å². The monoisotopic (exact) mass is 823 g/mol. The molecule has 0 heterocycles. The molecule has 0 fully saturated rings. The van der Waals surface area contributed by atoms with Crippen molar-refractivity contribution in [3.63, 3.8) is 0 Å². The van der Waals surface area contributed by atoms with E-state index in [1.165, 1.54) is 141 Å². The number of aliphatic hydroxyl groups excluding tert-OH is 2. The van der Waals surface area contributed by atoms with Crippen LogP contribution in [0.1, 0.15) is 219 Å². The summed E-state index contributed by atoms with van der Waals surface area (Å²) in [7, 11) is -5.44. The van der Waals surface area contributed by atoms with E-state index < -0.39 is 50.8 Å². The van der Waals surface area contributed by atoms with Crippen molar-refractivity contribution < 1.29 is 107 Å². The maximum atomic E-state index is 12.6. The number of rotatable bonds is 41. The molecule has 2 unspecified atom stereocenters. The number of aliphatic hydroxyl groups is 2. The van der Waals surface area contributed by atoms with Gasteiger partial charge < -0.3 is 38.8 Å². The topological polar surface area (TPSA) is 165 Å². The van der Waals surface area contributed by atoms with E-state index in [-0.39, 0.29) is 78.6 Å². The molecule has 3 atom stereocenters. The van der Waals surface area contributed by atoms with E-state index in [9.17, 15) is 29.0 Å². The third-order valence-electron chi connectivity index (χ3n) is 9.98. The third kappa shape index (κ3) is 41.5. The van der Waals surface area contributed by atoms with Crippen LogP contribution in [0, 0.1) is 0 Å². The first-order valence-electron chi connectivity index (χ1n) is 21.9. The molecule has 0 rings (SSSR count).